The lowest BCUT2D eigenvalue weighted by Gasteiger charge is -2.37. The van der Waals surface area contributed by atoms with Crippen LogP contribution in [0.5, 0.6) is 11.5 Å². The van der Waals surface area contributed by atoms with E-state index >= 15 is 0 Å². The van der Waals surface area contributed by atoms with Crippen molar-refractivity contribution in [2.45, 2.75) is 19.5 Å². The van der Waals surface area contributed by atoms with E-state index in [1.165, 1.54) is 0 Å². The van der Waals surface area contributed by atoms with Gasteiger partial charge in [0.1, 0.15) is 0 Å². The quantitative estimate of drug-likeness (QED) is 0.806. The number of aromatic hydroxyl groups is 1. The first-order valence-electron chi connectivity index (χ1n) is 6.05. The van der Waals surface area contributed by atoms with Gasteiger partial charge < -0.3 is 15.2 Å². The van der Waals surface area contributed by atoms with E-state index in [4.69, 9.17) is 4.74 Å². The van der Waals surface area contributed by atoms with Crippen molar-refractivity contribution < 1.29 is 9.84 Å². The molecule has 2 N–H and O–H groups in total. The van der Waals surface area contributed by atoms with Crippen LogP contribution in [0.15, 0.2) is 18.2 Å². The number of nitrogens with zero attached hydrogens (tertiary/aromatic N) is 1. The molecule has 0 atom stereocenters. The maximum atomic E-state index is 9.73. The molecule has 1 aromatic carbocycles. The summed E-state index contributed by atoms with van der Waals surface area (Å²) in [5, 5.41) is 13.0. The number of hydrogen-bond donors (Lipinski definition) is 2. The molecule has 4 heteroatoms. The Morgan fingerprint density at radius 2 is 2.24 bits per heavy atom. The molecule has 0 saturated carbocycles. The summed E-state index contributed by atoms with van der Waals surface area (Å²) in [5.74, 6) is 0.745. The minimum absolute atomic E-state index is 0.216. The number of likely N-dealkylation sites (N-methyl/N-ethyl adjacent to an activating group) is 1. The van der Waals surface area contributed by atoms with Crippen LogP contribution in [-0.4, -0.2) is 42.8 Å². The lowest BCUT2D eigenvalue weighted by Crippen LogP contribution is -2.56. The van der Waals surface area contributed by atoms with Crippen molar-refractivity contribution >= 4 is 0 Å². The van der Waals surface area contributed by atoms with Crippen LogP contribution < -0.4 is 10.1 Å². The van der Waals surface area contributed by atoms with Crippen LogP contribution in [0.4, 0.5) is 0 Å². The minimum Gasteiger partial charge on any atom is -0.504 e. The molecule has 0 unspecified atom stereocenters. The summed E-state index contributed by atoms with van der Waals surface area (Å²) in [5.41, 5.74) is 1.12. The summed E-state index contributed by atoms with van der Waals surface area (Å²) in [4.78, 5) is 2.41. The third-order valence-corrected chi connectivity index (χ3v) is 3.31. The highest BCUT2D eigenvalue weighted by Crippen LogP contribution is 2.27. The van der Waals surface area contributed by atoms with Crippen molar-refractivity contribution in [2.75, 3.05) is 26.7 Å². The van der Waals surface area contributed by atoms with E-state index in [0.29, 0.717) is 11.8 Å². The number of ether oxygens (including phenoxy) is 1. The summed E-state index contributed by atoms with van der Waals surface area (Å²) < 4.78 is 5.04. The molecule has 17 heavy (non-hydrogen) atoms. The molecule has 94 valence electrons. The van der Waals surface area contributed by atoms with Gasteiger partial charge in [0.25, 0.3) is 0 Å². The van der Waals surface area contributed by atoms with Gasteiger partial charge in [0.05, 0.1) is 7.11 Å². The molecule has 4 nitrogen and oxygen atoms in total. The molecule has 1 heterocycles. The van der Waals surface area contributed by atoms with Gasteiger partial charge in [0.2, 0.25) is 0 Å². The number of phenols is 1. The Morgan fingerprint density at radius 1 is 1.47 bits per heavy atom. The number of rotatable bonds is 5. The monoisotopic (exact) mass is 236 g/mol. The first-order chi connectivity index (χ1) is 8.24. The van der Waals surface area contributed by atoms with Crippen LogP contribution in [0.3, 0.4) is 0 Å². The van der Waals surface area contributed by atoms with Crippen LogP contribution in [-0.2, 0) is 6.54 Å². The van der Waals surface area contributed by atoms with Gasteiger partial charge in [-0.05, 0) is 24.2 Å². The third-order valence-electron chi connectivity index (χ3n) is 3.31. The topological polar surface area (TPSA) is 44.7 Å². The van der Waals surface area contributed by atoms with Crippen molar-refractivity contribution in [3.63, 3.8) is 0 Å². The number of phenolic OH excluding ortho intramolecular Hbond substituents is 1. The van der Waals surface area contributed by atoms with Gasteiger partial charge in [-0.25, -0.2) is 0 Å². The van der Waals surface area contributed by atoms with Crippen molar-refractivity contribution in [1.29, 1.82) is 0 Å². The van der Waals surface area contributed by atoms with Gasteiger partial charge in [-0.15, -0.1) is 0 Å². The Bertz CT molecular complexity index is 378. The van der Waals surface area contributed by atoms with Crippen molar-refractivity contribution in [3.05, 3.63) is 23.8 Å². The van der Waals surface area contributed by atoms with Crippen LogP contribution in [0.25, 0.3) is 0 Å². The van der Waals surface area contributed by atoms with E-state index in [0.717, 1.165) is 31.7 Å². The molecule has 0 amide bonds. The SMILES string of the molecule is CCN(Cc1ccc(OC)c(O)c1)C1CNC1. The second kappa shape index (κ2) is 5.38. The van der Waals surface area contributed by atoms with Crippen LogP contribution in [0, 0.1) is 0 Å². The Kier molecular flexibility index (Phi) is 3.86. The molecule has 1 aliphatic heterocycles. The molecule has 1 aromatic rings. The summed E-state index contributed by atoms with van der Waals surface area (Å²) in [6.07, 6.45) is 0. The third kappa shape index (κ3) is 2.70. The van der Waals surface area contributed by atoms with Crippen LogP contribution in [0.1, 0.15) is 12.5 Å². The normalized spacial score (nSPS) is 15.9. The van der Waals surface area contributed by atoms with E-state index in [2.05, 4.69) is 17.1 Å². The predicted molar refractivity (Wildman–Crippen MR) is 67.4 cm³/mol. The van der Waals surface area contributed by atoms with Crippen LogP contribution in [0.2, 0.25) is 0 Å². The maximum absolute atomic E-state index is 9.73. The van der Waals surface area contributed by atoms with Crippen molar-refractivity contribution in [3.8, 4) is 11.5 Å². The average Bonchev–Trinajstić information content (AvgIpc) is 2.26. The van der Waals surface area contributed by atoms with Crippen molar-refractivity contribution in [2.24, 2.45) is 0 Å². The average molecular weight is 236 g/mol. The smallest absolute Gasteiger partial charge is 0.160 e. The lowest BCUT2D eigenvalue weighted by molar-refractivity contribution is 0.145. The second-order valence-electron chi connectivity index (χ2n) is 4.38. The molecule has 1 saturated heterocycles. The first kappa shape index (κ1) is 12.2. The molecule has 0 spiro atoms. The maximum Gasteiger partial charge on any atom is 0.160 e. The number of benzene rings is 1. The van der Waals surface area contributed by atoms with E-state index in [9.17, 15) is 5.11 Å². The number of nitrogens with one attached hydrogen (secondary N) is 1. The highest BCUT2D eigenvalue weighted by molar-refractivity contribution is 5.41. The Balaban J connectivity index is 2.03. The zero-order valence-electron chi connectivity index (χ0n) is 10.4. The zero-order valence-corrected chi connectivity index (χ0v) is 10.4. The molecular weight excluding hydrogens is 216 g/mol. The molecule has 1 fully saturated rings. The fourth-order valence-electron chi connectivity index (χ4n) is 2.10. The molecule has 0 radical (unpaired) electrons. The number of hydrogen-bond acceptors (Lipinski definition) is 4. The molecular formula is C13H20N2O2. The van der Waals surface area contributed by atoms with E-state index in [1.807, 2.05) is 12.1 Å². The molecule has 2 rings (SSSR count). The predicted octanol–water partition coefficient (Wildman–Crippen LogP) is 1.19. The minimum atomic E-state index is 0.216. The van der Waals surface area contributed by atoms with Crippen LogP contribution >= 0.6 is 0 Å². The van der Waals surface area contributed by atoms with Gasteiger partial charge in [-0.2, -0.15) is 0 Å². The highest BCUT2D eigenvalue weighted by Gasteiger charge is 2.23. The van der Waals surface area contributed by atoms with E-state index in [1.54, 1.807) is 13.2 Å². The fourth-order valence-corrected chi connectivity index (χ4v) is 2.10. The molecule has 1 aliphatic rings. The summed E-state index contributed by atoms with van der Waals surface area (Å²) in [6.45, 7) is 6.20. The highest BCUT2D eigenvalue weighted by atomic mass is 16.5. The second-order valence-corrected chi connectivity index (χ2v) is 4.38. The van der Waals surface area contributed by atoms with E-state index < -0.39 is 0 Å². The van der Waals surface area contributed by atoms with Gasteiger partial charge in [-0.1, -0.05) is 13.0 Å². The molecule has 0 bridgehead atoms. The van der Waals surface area contributed by atoms with Crippen molar-refractivity contribution in [1.82, 2.24) is 10.2 Å². The van der Waals surface area contributed by atoms with Gasteiger partial charge in [0.15, 0.2) is 11.5 Å². The summed E-state index contributed by atoms with van der Waals surface area (Å²) in [7, 11) is 1.56. The van der Waals surface area contributed by atoms with E-state index in [-0.39, 0.29) is 5.75 Å². The molecule has 0 aromatic heterocycles. The standard InChI is InChI=1S/C13H20N2O2/c1-3-15(11-7-14-8-11)9-10-4-5-13(17-2)12(16)6-10/h4-6,11,14,16H,3,7-9H2,1-2H3. The Labute approximate surface area is 102 Å². The zero-order chi connectivity index (χ0) is 12.3. The number of methoxy groups -OCH3 is 1. The fraction of sp³-hybridized carbons (Fsp3) is 0.538. The van der Waals surface area contributed by atoms with Gasteiger partial charge >= 0.3 is 0 Å². The Morgan fingerprint density at radius 3 is 2.71 bits per heavy atom. The summed E-state index contributed by atoms with van der Waals surface area (Å²) >= 11 is 0. The lowest BCUT2D eigenvalue weighted by atomic mass is 10.1. The van der Waals surface area contributed by atoms with Gasteiger partial charge in [0, 0.05) is 25.7 Å². The first-order valence-corrected chi connectivity index (χ1v) is 6.05. The summed E-state index contributed by atoms with van der Waals surface area (Å²) in [6, 6.07) is 6.24. The van der Waals surface area contributed by atoms with Gasteiger partial charge in [-0.3, -0.25) is 4.90 Å². The largest absolute Gasteiger partial charge is 0.504 e. The Hall–Kier alpha value is -1.26. The molecule has 0 aliphatic carbocycles.